The third kappa shape index (κ3) is 2.30. The Morgan fingerprint density at radius 2 is 2.29 bits per heavy atom. The molecule has 17 heavy (non-hydrogen) atoms. The lowest BCUT2D eigenvalue weighted by Crippen LogP contribution is -2.31. The van der Waals surface area contributed by atoms with Crippen molar-refractivity contribution >= 4 is 40.4 Å². The fourth-order valence-corrected chi connectivity index (χ4v) is 1.88. The molecule has 0 spiro atoms. The third-order valence-corrected chi connectivity index (χ3v) is 3.29. The highest BCUT2D eigenvalue weighted by Crippen LogP contribution is 2.20. The molecule has 7 nitrogen and oxygen atoms in total. The van der Waals surface area contributed by atoms with Crippen molar-refractivity contribution in [3.8, 4) is 0 Å². The third-order valence-electron chi connectivity index (χ3n) is 2.53. The van der Waals surface area contributed by atoms with E-state index < -0.39 is 11.8 Å². The molecule has 8 heteroatoms. The predicted octanol–water partition coefficient (Wildman–Crippen LogP) is -0.787. The first-order chi connectivity index (χ1) is 7.99. The number of amides is 2. The van der Waals surface area contributed by atoms with Crippen LogP contribution >= 0.6 is 22.6 Å². The van der Waals surface area contributed by atoms with Crippen molar-refractivity contribution in [3.63, 3.8) is 0 Å². The fraction of sp³-hybridized carbons (Fsp3) is 0.333. The molecule has 3 N–H and O–H groups in total. The Hall–Kier alpha value is -1.45. The topological polar surface area (TPSA) is 109 Å². The second-order valence-corrected chi connectivity index (χ2v) is 4.85. The van der Waals surface area contributed by atoms with Crippen molar-refractivity contribution in [2.45, 2.75) is 6.42 Å². The van der Waals surface area contributed by atoms with Gasteiger partial charge in [-0.15, -0.1) is 0 Å². The number of carbonyl (C=O) groups excluding carboxylic acids is 2. The largest absolute Gasteiger partial charge is 0.369 e. The lowest BCUT2D eigenvalue weighted by atomic mass is 10.1. The molecule has 90 valence electrons. The number of hydrogen-bond donors (Lipinski definition) is 2. The van der Waals surface area contributed by atoms with Gasteiger partial charge in [0.1, 0.15) is 0 Å². The van der Waals surface area contributed by atoms with Crippen LogP contribution in [0.4, 0.5) is 5.95 Å². The number of nitrogens with two attached hydrogens (primary N) is 1. The van der Waals surface area contributed by atoms with E-state index in [4.69, 9.17) is 5.73 Å². The number of aromatic amines is 1. The Balaban J connectivity index is 2.29. The number of halogens is 1. The minimum atomic E-state index is -0.521. The second kappa shape index (κ2) is 4.43. The van der Waals surface area contributed by atoms with Crippen molar-refractivity contribution < 1.29 is 9.59 Å². The Morgan fingerprint density at radius 1 is 1.59 bits per heavy atom. The SMILES string of the molecule is NC(=O)C1CC(=O)N(c2ncc(I)c(=O)[nH]2)C1. The van der Waals surface area contributed by atoms with Gasteiger partial charge in [0.2, 0.25) is 17.8 Å². The summed E-state index contributed by atoms with van der Waals surface area (Å²) in [5.41, 5.74) is 4.83. The number of nitrogens with one attached hydrogen (secondary N) is 1. The molecule has 0 bridgehead atoms. The van der Waals surface area contributed by atoms with E-state index in [9.17, 15) is 14.4 Å². The number of nitrogens with zero attached hydrogens (tertiary/aromatic N) is 2. The van der Waals surface area contributed by atoms with Gasteiger partial charge in [0.15, 0.2) is 0 Å². The molecule has 1 aromatic heterocycles. The van der Waals surface area contributed by atoms with Gasteiger partial charge in [0, 0.05) is 19.2 Å². The lowest BCUT2D eigenvalue weighted by Gasteiger charge is -2.13. The minimum Gasteiger partial charge on any atom is -0.369 e. The van der Waals surface area contributed by atoms with Crippen LogP contribution in [0.2, 0.25) is 0 Å². The van der Waals surface area contributed by atoms with Crippen molar-refractivity contribution in [3.05, 3.63) is 20.1 Å². The summed E-state index contributed by atoms with van der Waals surface area (Å²) < 4.78 is 0.435. The van der Waals surface area contributed by atoms with E-state index in [-0.39, 0.29) is 30.4 Å². The molecule has 1 saturated heterocycles. The zero-order valence-corrected chi connectivity index (χ0v) is 10.8. The first kappa shape index (κ1) is 12.0. The van der Waals surface area contributed by atoms with Gasteiger partial charge in [-0.05, 0) is 22.6 Å². The number of carbonyl (C=O) groups is 2. The zero-order chi connectivity index (χ0) is 12.6. The monoisotopic (exact) mass is 348 g/mol. The van der Waals surface area contributed by atoms with E-state index in [2.05, 4.69) is 9.97 Å². The van der Waals surface area contributed by atoms with Crippen LogP contribution in [0.15, 0.2) is 11.0 Å². The summed E-state index contributed by atoms with van der Waals surface area (Å²) in [7, 11) is 0. The van der Waals surface area contributed by atoms with Crippen molar-refractivity contribution in [2.75, 3.05) is 11.4 Å². The highest BCUT2D eigenvalue weighted by molar-refractivity contribution is 14.1. The normalized spacial score (nSPS) is 19.7. The van der Waals surface area contributed by atoms with E-state index in [1.165, 1.54) is 11.1 Å². The van der Waals surface area contributed by atoms with Crippen molar-refractivity contribution in [2.24, 2.45) is 11.7 Å². The highest BCUT2D eigenvalue weighted by atomic mass is 127. The highest BCUT2D eigenvalue weighted by Gasteiger charge is 2.35. The maximum absolute atomic E-state index is 11.6. The quantitative estimate of drug-likeness (QED) is 0.683. The van der Waals surface area contributed by atoms with Gasteiger partial charge in [-0.2, -0.15) is 0 Å². The van der Waals surface area contributed by atoms with Crippen molar-refractivity contribution in [1.82, 2.24) is 9.97 Å². The molecular formula is C9H9IN4O3. The Kier molecular flexibility index (Phi) is 3.13. The number of primary amides is 1. The van der Waals surface area contributed by atoms with Gasteiger partial charge in [0.05, 0.1) is 9.49 Å². The van der Waals surface area contributed by atoms with E-state index in [0.29, 0.717) is 3.57 Å². The number of aromatic nitrogens is 2. The summed E-state index contributed by atoms with van der Waals surface area (Å²) in [6.45, 7) is 0.164. The lowest BCUT2D eigenvalue weighted by molar-refractivity contribution is -0.123. The van der Waals surface area contributed by atoms with E-state index in [1.54, 1.807) is 0 Å². The zero-order valence-electron chi connectivity index (χ0n) is 8.64. The van der Waals surface area contributed by atoms with Gasteiger partial charge in [-0.25, -0.2) is 4.98 Å². The summed E-state index contributed by atoms with van der Waals surface area (Å²) in [5, 5.41) is 0. The average molecular weight is 348 g/mol. The summed E-state index contributed by atoms with van der Waals surface area (Å²) in [6, 6.07) is 0. The second-order valence-electron chi connectivity index (χ2n) is 3.69. The van der Waals surface area contributed by atoms with Gasteiger partial charge < -0.3 is 5.73 Å². The number of hydrogen-bond acceptors (Lipinski definition) is 4. The number of anilines is 1. The van der Waals surface area contributed by atoms with E-state index >= 15 is 0 Å². The predicted molar refractivity (Wildman–Crippen MR) is 67.2 cm³/mol. The maximum atomic E-state index is 11.6. The summed E-state index contributed by atoms with van der Waals surface area (Å²) in [4.78, 5) is 41.7. The Labute approximate surface area is 110 Å². The van der Waals surface area contributed by atoms with Gasteiger partial charge in [-0.3, -0.25) is 24.3 Å². The molecule has 1 aromatic rings. The molecule has 2 rings (SSSR count). The van der Waals surface area contributed by atoms with Crippen LogP contribution in [0.25, 0.3) is 0 Å². The van der Waals surface area contributed by atoms with Crippen LogP contribution in [-0.4, -0.2) is 28.3 Å². The summed E-state index contributed by atoms with van der Waals surface area (Å²) >= 11 is 1.84. The molecule has 1 unspecified atom stereocenters. The smallest absolute Gasteiger partial charge is 0.265 e. The maximum Gasteiger partial charge on any atom is 0.265 e. The number of H-pyrrole nitrogens is 1. The van der Waals surface area contributed by atoms with E-state index in [1.807, 2.05) is 22.6 Å². The average Bonchev–Trinajstić information content (AvgIpc) is 2.65. The molecule has 0 aliphatic carbocycles. The first-order valence-electron chi connectivity index (χ1n) is 4.83. The van der Waals surface area contributed by atoms with Gasteiger partial charge >= 0.3 is 0 Å². The molecule has 1 atom stereocenters. The molecule has 2 amide bonds. The van der Waals surface area contributed by atoms with Crippen LogP contribution in [0.3, 0.4) is 0 Å². The molecule has 0 radical (unpaired) electrons. The van der Waals surface area contributed by atoms with Gasteiger partial charge in [-0.1, -0.05) is 0 Å². The van der Waals surface area contributed by atoms with Crippen LogP contribution in [-0.2, 0) is 9.59 Å². The fourth-order valence-electron chi connectivity index (χ4n) is 1.61. The summed E-state index contributed by atoms with van der Waals surface area (Å²) in [6.07, 6.45) is 1.44. The molecule has 1 aliphatic rings. The van der Waals surface area contributed by atoms with Crippen LogP contribution in [0.1, 0.15) is 6.42 Å². The molecule has 1 fully saturated rings. The van der Waals surface area contributed by atoms with E-state index in [0.717, 1.165) is 0 Å². The molecule has 1 aliphatic heterocycles. The van der Waals surface area contributed by atoms with Crippen LogP contribution in [0.5, 0.6) is 0 Å². The van der Waals surface area contributed by atoms with Crippen molar-refractivity contribution in [1.29, 1.82) is 0 Å². The van der Waals surface area contributed by atoms with Crippen LogP contribution < -0.4 is 16.2 Å². The minimum absolute atomic E-state index is 0.0605. The molecular weight excluding hydrogens is 339 g/mol. The Morgan fingerprint density at radius 3 is 2.82 bits per heavy atom. The van der Waals surface area contributed by atoms with Gasteiger partial charge in [0.25, 0.3) is 5.56 Å². The Bertz CT molecular complexity index is 541. The molecule has 0 aromatic carbocycles. The number of rotatable bonds is 2. The standard InChI is InChI=1S/C9H9IN4O3/c10-5-2-12-9(13-8(5)17)14-3-4(7(11)16)1-6(14)15/h2,4H,1,3H2,(H2,11,16)(H,12,13,17). The first-order valence-corrected chi connectivity index (χ1v) is 5.91. The molecule has 0 saturated carbocycles. The summed E-state index contributed by atoms with van der Waals surface area (Å²) in [5.74, 6) is -1.15. The van der Waals surface area contributed by atoms with Crippen LogP contribution in [0, 0.1) is 9.49 Å². The molecule has 2 heterocycles.